The topological polar surface area (TPSA) is 15.3 Å². The van der Waals surface area contributed by atoms with E-state index in [1.165, 1.54) is 12.0 Å². The zero-order chi connectivity index (χ0) is 14.7. The molecular formula is C17H18BrClN2. The van der Waals surface area contributed by atoms with Gasteiger partial charge in [-0.3, -0.25) is 4.90 Å². The Morgan fingerprint density at radius 2 is 2.00 bits per heavy atom. The third-order valence-corrected chi connectivity index (χ3v) is 5.03. The molecule has 0 aliphatic carbocycles. The standard InChI is InChI=1S/C17H18BrClN2/c18-16-10-14(6-7-17(16)19)20-15-8-9-21(12-15)11-13-4-2-1-3-5-13/h1-7,10,15,20H,8-9,11-12H2. The summed E-state index contributed by atoms with van der Waals surface area (Å²) in [5.74, 6) is 0. The number of rotatable bonds is 4. The number of nitrogens with one attached hydrogen (secondary N) is 1. The van der Waals surface area contributed by atoms with E-state index in [9.17, 15) is 0 Å². The van der Waals surface area contributed by atoms with Crippen molar-refractivity contribution in [1.82, 2.24) is 4.90 Å². The van der Waals surface area contributed by atoms with Crippen LogP contribution >= 0.6 is 27.5 Å². The lowest BCUT2D eigenvalue weighted by Gasteiger charge is -2.17. The van der Waals surface area contributed by atoms with Crippen molar-refractivity contribution in [3.63, 3.8) is 0 Å². The smallest absolute Gasteiger partial charge is 0.0549 e. The van der Waals surface area contributed by atoms with Crippen molar-refractivity contribution in [2.45, 2.75) is 19.0 Å². The summed E-state index contributed by atoms with van der Waals surface area (Å²) in [5.41, 5.74) is 2.50. The van der Waals surface area contributed by atoms with Gasteiger partial charge in [-0.25, -0.2) is 0 Å². The van der Waals surface area contributed by atoms with Crippen LogP contribution in [-0.4, -0.2) is 24.0 Å². The van der Waals surface area contributed by atoms with Gasteiger partial charge in [0.05, 0.1) is 5.02 Å². The molecule has 1 N–H and O–H groups in total. The molecule has 1 saturated heterocycles. The fourth-order valence-corrected chi connectivity index (χ4v) is 3.25. The number of hydrogen-bond donors (Lipinski definition) is 1. The van der Waals surface area contributed by atoms with Crippen molar-refractivity contribution in [1.29, 1.82) is 0 Å². The minimum atomic E-state index is 0.502. The highest BCUT2D eigenvalue weighted by atomic mass is 79.9. The minimum absolute atomic E-state index is 0.502. The predicted octanol–water partition coefficient (Wildman–Crippen LogP) is 4.79. The number of anilines is 1. The highest BCUT2D eigenvalue weighted by Crippen LogP contribution is 2.27. The molecule has 1 fully saturated rings. The number of nitrogens with zero attached hydrogens (tertiary/aromatic N) is 1. The van der Waals surface area contributed by atoms with Gasteiger partial charge in [0.1, 0.15) is 0 Å². The molecule has 0 amide bonds. The maximum Gasteiger partial charge on any atom is 0.0549 e. The first-order chi connectivity index (χ1) is 10.2. The van der Waals surface area contributed by atoms with Gasteiger partial charge in [0, 0.05) is 35.8 Å². The zero-order valence-electron chi connectivity index (χ0n) is 11.7. The lowest BCUT2D eigenvalue weighted by atomic mass is 10.2. The molecule has 2 aromatic carbocycles. The minimum Gasteiger partial charge on any atom is -0.381 e. The fraction of sp³-hybridized carbons (Fsp3) is 0.294. The monoisotopic (exact) mass is 364 g/mol. The molecule has 1 aliphatic heterocycles. The summed E-state index contributed by atoms with van der Waals surface area (Å²) >= 11 is 9.50. The Morgan fingerprint density at radius 3 is 2.76 bits per heavy atom. The number of halogens is 2. The SMILES string of the molecule is Clc1ccc(NC2CCN(Cc3ccccc3)C2)cc1Br. The van der Waals surface area contributed by atoms with Gasteiger partial charge in [-0.05, 0) is 46.1 Å². The van der Waals surface area contributed by atoms with Gasteiger partial charge in [-0.1, -0.05) is 41.9 Å². The molecule has 0 saturated carbocycles. The van der Waals surface area contributed by atoms with Gasteiger partial charge in [0.25, 0.3) is 0 Å². The van der Waals surface area contributed by atoms with E-state index in [1.54, 1.807) is 0 Å². The van der Waals surface area contributed by atoms with Crippen molar-refractivity contribution in [2.75, 3.05) is 18.4 Å². The average Bonchev–Trinajstić information content (AvgIpc) is 2.91. The van der Waals surface area contributed by atoms with E-state index in [-0.39, 0.29) is 0 Å². The van der Waals surface area contributed by atoms with Crippen LogP contribution in [0, 0.1) is 0 Å². The van der Waals surface area contributed by atoms with Crippen LogP contribution in [0.3, 0.4) is 0 Å². The molecular weight excluding hydrogens is 348 g/mol. The van der Waals surface area contributed by atoms with Gasteiger partial charge in [0.15, 0.2) is 0 Å². The molecule has 0 spiro atoms. The normalized spacial score (nSPS) is 18.9. The Morgan fingerprint density at radius 1 is 1.19 bits per heavy atom. The lowest BCUT2D eigenvalue weighted by molar-refractivity contribution is 0.328. The number of hydrogen-bond acceptors (Lipinski definition) is 2. The zero-order valence-corrected chi connectivity index (χ0v) is 14.1. The van der Waals surface area contributed by atoms with Gasteiger partial charge in [-0.2, -0.15) is 0 Å². The predicted molar refractivity (Wildman–Crippen MR) is 92.9 cm³/mol. The molecule has 0 aromatic heterocycles. The highest BCUT2D eigenvalue weighted by molar-refractivity contribution is 9.10. The summed E-state index contributed by atoms with van der Waals surface area (Å²) in [7, 11) is 0. The van der Waals surface area contributed by atoms with E-state index in [0.717, 1.165) is 34.8 Å². The second-order valence-corrected chi connectivity index (χ2v) is 6.74. The fourth-order valence-electron chi connectivity index (χ4n) is 2.76. The maximum atomic E-state index is 6.03. The summed E-state index contributed by atoms with van der Waals surface area (Å²) in [5, 5.41) is 4.34. The largest absolute Gasteiger partial charge is 0.381 e. The molecule has 1 atom stereocenters. The van der Waals surface area contributed by atoms with E-state index in [1.807, 2.05) is 18.2 Å². The summed E-state index contributed by atoms with van der Waals surface area (Å²) in [6, 6.07) is 17.2. The van der Waals surface area contributed by atoms with Gasteiger partial charge in [0.2, 0.25) is 0 Å². The lowest BCUT2D eigenvalue weighted by Crippen LogP contribution is -2.25. The van der Waals surface area contributed by atoms with Crippen LogP contribution < -0.4 is 5.32 Å². The average molecular weight is 366 g/mol. The van der Waals surface area contributed by atoms with Crippen LogP contribution in [0.2, 0.25) is 5.02 Å². The second kappa shape index (κ2) is 6.82. The summed E-state index contributed by atoms with van der Waals surface area (Å²) < 4.78 is 0.938. The number of benzene rings is 2. The highest BCUT2D eigenvalue weighted by Gasteiger charge is 2.22. The number of likely N-dealkylation sites (tertiary alicyclic amines) is 1. The van der Waals surface area contributed by atoms with E-state index in [0.29, 0.717) is 6.04 Å². The molecule has 1 heterocycles. The summed E-state index contributed by atoms with van der Waals surface area (Å²) in [6.45, 7) is 3.25. The van der Waals surface area contributed by atoms with Crippen molar-refractivity contribution in [2.24, 2.45) is 0 Å². The first-order valence-electron chi connectivity index (χ1n) is 7.18. The van der Waals surface area contributed by atoms with E-state index in [4.69, 9.17) is 11.6 Å². The molecule has 0 bridgehead atoms. The van der Waals surface area contributed by atoms with Crippen molar-refractivity contribution in [3.8, 4) is 0 Å². The molecule has 21 heavy (non-hydrogen) atoms. The van der Waals surface area contributed by atoms with Gasteiger partial charge < -0.3 is 5.32 Å². The van der Waals surface area contributed by atoms with Crippen molar-refractivity contribution in [3.05, 3.63) is 63.6 Å². The van der Waals surface area contributed by atoms with Crippen LogP contribution in [0.5, 0.6) is 0 Å². The quantitative estimate of drug-likeness (QED) is 0.838. The molecule has 1 aliphatic rings. The summed E-state index contributed by atoms with van der Waals surface area (Å²) in [4.78, 5) is 2.50. The molecule has 2 aromatic rings. The van der Waals surface area contributed by atoms with Crippen LogP contribution in [0.1, 0.15) is 12.0 Å². The molecule has 2 nitrogen and oxygen atoms in total. The molecule has 0 radical (unpaired) electrons. The first kappa shape index (κ1) is 14.9. The Labute approximate surface area is 139 Å². The third-order valence-electron chi connectivity index (χ3n) is 3.81. The Balaban J connectivity index is 1.56. The van der Waals surface area contributed by atoms with E-state index < -0.39 is 0 Å². The first-order valence-corrected chi connectivity index (χ1v) is 8.36. The molecule has 1 unspecified atom stereocenters. The second-order valence-electron chi connectivity index (χ2n) is 5.48. The van der Waals surface area contributed by atoms with Gasteiger partial charge in [-0.15, -0.1) is 0 Å². The van der Waals surface area contributed by atoms with E-state index >= 15 is 0 Å². The van der Waals surface area contributed by atoms with Crippen LogP contribution in [0.25, 0.3) is 0 Å². The van der Waals surface area contributed by atoms with Crippen LogP contribution in [0.15, 0.2) is 53.0 Å². The Kier molecular flexibility index (Phi) is 4.84. The molecule has 3 rings (SSSR count). The Bertz CT molecular complexity index is 603. The van der Waals surface area contributed by atoms with E-state index in [2.05, 4.69) is 56.5 Å². The Hall–Kier alpha value is -1.03. The van der Waals surface area contributed by atoms with Crippen molar-refractivity contribution >= 4 is 33.2 Å². The molecule has 4 heteroatoms. The maximum absolute atomic E-state index is 6.03. The van der Waals surface area contributed by atoms with Crippen molar-refractivity contribution < 1.29 is 0 Å². The van der Waals surface area contributed by atoms with Gasteiger partial charge >= 0.3 is 0 Å². The van der Waals surface area contributed by atoms with Crippen LogP contribution in [0.4, 0.5) is 5.69 Å². The summed E-state index contributed by atoms with van der Waals surface area (Å²) in [6.07, 6.45) is 1.17. The third kappa shape index (κ3) is 4.00. The van der Waals surface area contributed by atoms with Crippen LogP contribution in [-0.2, 0) is 6.54 Å². The molecule has 110 valence electrons.